The van der Waals surface area contributed by atoms with Gasteiger partial charge in [0.05, 0.1) is 6.57 Å². The summed E-state index contributed by atoms with van der Waals surface area (Å²) < 4.78 is 12.7. The Labute approximate surface area is 67.9 Å². The van der Waals surface area contributed by atoms with Crippen LogP contribution in [0.2, 0.25) is 0 Å². The molecule has 0 amide bonds. The third-order valence-corrected chi connectivity index (χ3v) is 1.33. The van der Waals surface area contributed by atoms with Gasteiger partial charge in [-0.05, 0) is 12.1 Å². The van der Waals surface area contributed by atoms with Crippen molar-refractivity contribution in [3.63, 3.8) is 0 Å². The van der Waals surface area contributed by atoms with Crippen LogP contribution in [0.4, 0.5) is 10.1 Å². The molecule has 0 saturated carbocycles. The maximum absolute atomic E-state index is 12.7. The van der Waals surface area contributed by atoms with Gasteiger partial charge in [0.15, 0.2) is 23.5 Å². The SMILES string of the molecule is [C-]#[N+]c1cc(F)c(O)c(C=O)c1. The molecule has 0 unspecified atom stereocenters. The Hall–Kier alpha value is -1.89. The monoisotopic (exact) mass is 165 g/mol. The summed E-state index contributed by atoms with van der Waals surface area (Å²) in [5.74, 6) is -1.66. The second kappa shape index (κ2) is 3.01. The van der Waals surface area contributed by atoms with Gasteiger partial charge >= 0.3 is 0 Å². The lowest BCUT2D eigenvalue weighted by Crippen LogP contribution is -1.84. The predicted molar refractivity (Wildman–Crippen MR) is 39.7 cm³/mol. The second-order valence-electron chi connectivity index (χ2n) is 2.10. The molecule has 0 aliphatic heterocycles. The number of rotatable bonds is 1. The number of phenols is 1. The molecule has 4 heteroatoms. The maximum Gasteiger partial charge on any atom is 0.191 e. The molecule has 1 rings (SSSR count). The molecule has 60 valence electrons. The number of carbonyl (C=O) groups excluding carboxylic acids is 1. The van der Waals surface area contributed by atoms with Gasteiger partial charge in [0, 0.05) is 5.56 Å². The van der Waals surface area contributed by atoms with Crippen LogP contribution in [-0.2, 0) is 0 Å². The largest absolute Gasteiger partial charge is 0.504 e. The van der Waals surface area contributed by atoms with E-state index >= 15 is 0 Å². The first-order valence-electron chi connectivity index (χ1n) is 3.04. The Morgan fingerprint density at radius 2 is 2.25 bits per heavy atom. The van der Waals surface area contributed by atoms with Gasteiger partial charge in [0.1, 0.15) is 0 Å². The molecule has 0 saturated heterocycles. The van der Waals surface area contributed by atoms with Crippen LogP contribution in [0.3, 0.4) is 0 Å². The van der Waals surface area contributed by atoms with Crippen LogP contribution < -0.4 is 0 Å². The quantitative estimate of drug-likeness (QED) is 0.510. The minimum atomic E-state index is -0.953. The molecule has 0 spiro atoms. The summed E-state index contributed by atoms with van der Waals surface area (Å²) in [4.78, 5) is 13.1. The van der Waals surface area contributed by atoms with Crippen molar-refractivity contribution in [1.82, 2.24) is 0 Å². The maximum atomic E-state index is 12.7. The Morgan fingerprint density at radius 3 is 2.75 bits per heavy atom. The average molecular weight is 165 g/mol. The number of benzene rings is 1. The fourth-order valence-corrected chi connectivity index (χ4v) is 0.760. The van der Waals surface area contributed by atoms with Gasteiger partial charge in [-0.2, -0.15) is 0 Å². The molecule has 0 radical (unpaired) electrons. The van der Waals surface area contributed by atoms with E-state index in [0.29, 0.717) is 6.29 Å². The third kappa shape index (κ3) is 1.25. The van der Waals surface area contributed by atoms with Gasteiger partial charge in [-0.1, -0.05) is 0 Å². The van der Waals surface area contributed by atoms with Crippen molar-refractivity contribution in [3.8, 4) is 5.75 Å². The molecule has 0 fully saturated rings. The zero-order valence-corrected chi connectivity index (χ0v) is 5.91. The van der Waals surface area contributed by atoms with E-state index in [9.17, 15) is 9.18 Å². The summed E-state index contributed by atoms with van der Waals surface area (Å²) in [7, 11) is 0. The molecule has 0 atom stereocenters. The van der Waals surface area contributed by atoms with Gasteiger partial charge in [-0.15, -0.1) is 0 Å². The minimum Gasteiger partial charge on any atom is -0.504 e. The van der Waals surface area contributed by atoms with E-state index < -0.39 is 11.6 Å². The normalized spacial score (nSPS) is 9.00. The van der Waals surface area contributed by atoms with Crippen LogP contribution in [0.5, 0.6) is 5.75 Å². The van der Waals surface area contributed by atoms with Crippen LogP contribution in [0.25, 0.3) is 4.85 Å². The number of nitrogens with zero attached hydrogens (tertiary/aromatic N) is 1. The van der Waals surface area contributed by atoms with E-state index in [-0.39, 0.29) is 11.3 Å². The first kappa shape index (κ1) is 8.21. The zero-order valence-electron chi connectivity index (χ0n) is 5.91. The molecule has 0 bridgehead atoms. The highest BCUT2D eigenvalue weighted by atomic mass is 19.1. The highest BCUT2D eigenvalue weighted by molar-refractivity contribution is 5.81. The van der Waals surface area contributed by atoms with Crippen LogP contribution in [-0.4, -0.2) is 11.4 Å². The summed E-state index contributed by atoms with van der Waals surface area (Å²) >= 11 is 0. The molecule has 3 nitrogen and oxygen atoms in total. The predicted octanol–water partition coefficient (Wildman–Crippen LogP) is 1.89. The smallest absolute Gasteiger partial charge is 0.191 e. The lowest BCUT2D eigenvalue weighted by Gasteiger charge is -1.98. The van der Waals surface area contributed by atoms with Crippen LogP contribution in [0.15, 0.2) is 12.1 Å². The fraction of sp³-hybridized carbons (Fsp3) is 0. The van der Waals surface area contributed by atoms with E-state index in [0.717, 1.165) is 12.1 Å². The summed E-state index contributed by atoms with van der Waals surface area (Å²) in [6, 6.07) is 1.99. The van der Waals surface area contributed by atoms with E-state index in [1.54, 1.807) is 0 Å². The highest BCUT2D eigenvalue weighted by Crippen LogP contribution is 2.25. The average Bonchev–Trinajstić information content (AvgIpc) is 2.09. The first-order valence-corrected chi connectivity index (χ1v) is 3.04. The standard InChI is InChI=1S/C8H4FNO2/c1-10-6-2-5(4-11)8(12)7(9)3-6/h2-4,12H. The molecule has 0 aromatic heterocycles. The van der Waals surface area contributed by atoms with E-state index in [4.69, 9.17) is 11.7 Å². The second-order valence-corrected chi connectivity index (χ2v) is 2.10. The van der Waals surface area contributed by atoms with Gasteiger partial charge in [0.2, 0.25) is 0 Å². The Bertz CT molecular complexity index is 368. The number of aldehydes is 1. The molecular weight excluding hydrogens is 161 g/mol. The van der Waals surface area contributed by atoms with Crippen molar-refractivity contribution in [3.05, 3.63) is 34.9 Å². The lowest BCUT2D eigenvalue weighted by molar-refractivity contribution is 0.112. The molecule has 1 N–H and O–H groups in total. The highest BCUT2D eigenvalue weighted by Gasteiger charge is 2.08. The van der Waals surface area contributed by atoms with Gasteiger partial charge in [-0.25, -0.2) is 9.24 Å². The number of phenolic OH excluding ortho intramolecular Hbond substituents is 1. The first-order chi connectivity index (χ1) is 5.69. The van der Waals surface area contributed by atoms with Crippen molar-refractivity contribution >= 4 is 12.0 Å². The van der Waals surface area contributed by atoms with Crippen molar-refractivity contribution < 1.29 is 14.3 Å². The van der Waals surface area contributed by atoms with Crippen molar-refractivity contribution in [2.75, 3.05) is 0 Å². The molecule has 0 aliphatic rings. The lowest BCUT2D eigenvalue weighted by atomic mass is 10.2. The Morgan fingerprint density at radius 1 is 1.58 bits per heavy atom. The Balaban J connectivity index is 3.41. The van der Waals surface area contributed by atoms with Gasteiger partial charge in [0.25, 0.3) is 0 Å². The van der Waals surface area contributed by atoms with Gasteiger partial charge in [-0.3, -0.25) is 4.79 Å². The van der Waals surface area contributed by atoms with Crippen LogP contribution >= 0.6 is 0 Å². The number of carbonyl (C=O) groups is 1. The van der Waals surface area contributed by atoms with Crippen LogP contribution in [0, 0.1) is 12.4 Å². The topological polar surface area (TPSA) is 41.7 Å². The molecular formula is C8H4FNO2. The zero-order chi connectivity index (χ0) is 9.14. The molecule has 0 aliphatic carbocycles. The van der Waals surface area contributed by atoms with Crippen LogP contribution in [0.1, 0.15) is 10.4 Å². The van der Waals surface area contributed by atoms with E-state index in [1.807, 2.05) is 0 Å². The summed E-state index contributed by atoms with van der Waals surface area (Å²) in [6.45, 7) is 6.54. The number of hydrogen-bond acceptors (Lipinski definition) is 2. The van der Waals surface area contributed by atoms with E-state index in [2.05, 4.69) is 4.85 Å². The summed E-state index contributed by atoms with van der Waals surface area (Å²) in [5.41, 5.74) is -0.214. The van der Waals surface area contributed by atoms with Crippen molar-refractivity contribution in [2.24, 2.45) is 0 Å². The number of hydrogen-bond donors (Lipinski definition) is 1. The molecule has 1 aromatic rings. The molecule has 0 heterocycles. The van der Waals surface area contributed by atoms with E-state index in [1.165, 1.54) is 0 Å². The van der Waals surface area contributed by atoms with Crippen molar-refractivity contribution in [1.29, 1.82) is 0 Å². The third-order valence-electron chi connectivity index (χ3n) is 1.33. The summed E-state index contributed by atoms with van der Waals surface area (Å²) in [6.07, 6.45) is 0.299. The number of aromatic hydroxyl groups is 1. The van der Waals surface area contributed by atoms with Gasteiger partial charge < -0.3 is 5.11 Å². The minimum absolute atomic E-state index is 0.00704. The number of halogens is 1. The molecule has 1 aromatic carbocycles. The summed E-state index contributed by atoms with van der Waals surface area (Å²) in [5, 5.41) is 8.91. The molecule has 12 heavy (non-hydrogen) atoms. The van der Waals surface area contributed by atoms with Crippen molar-refractivity contribution in [2.45, 2.75) is 0 Å². The Kier molecular flexibility index (Phi) is 2.06. The fourth-order valence-electron chi connectivity index (χ4n) is 0.760.